The molecule has 0 saturated carbocycles. The van der Waals surface area contributed by atoms with Crippen LogP contribution in [0.3, 0.4) is 0 Å². The Morgan fingerprint density at radius 3 is 2.70 bits per heavy atom. The van der Waals surface area contributed by atoms with Crippen molar-refractivity contribution in [2.75, 3.05) is 51.3 Å². The number of morpholine rings is 1. The van der Waals surface area contributed by atoms with Gasteiger partial charge in [-0.25, -0.2) is 14.8 Å². The van der Waals surface area contributed by atoms with Gasteiger partial charge < -0.3 is 20.8 Å². The molecule has 0 radical (unpaired) electrons. The first-order valence-corrected chi connectivity index (χ1v) is 12.7. The van der Waals surface area contributed by atoms with Gasteiger partial charge in [0, 0.05) is 50.7 Å². The number of aryl methyl sites for hydroxylation is 1. The number of nitrogens with one attached hydrogen (secondary N) is 4. The highest BCUT2D eigenvalue weighted by Crippen LogP contribution is 2.15. The molecule has 10 heteroatoms. The predicted molar refractivity (Wildman–Crippen MR) is 146 cm³/mol. The SMILES string of the molecule is N=C/C(=C\NCCN1CCOCC1)c1cnc2ccc(NC(=O)NCCCCc3ccccc3)nc2n1. The summed E-state index contributed by atoms with van der Waals surface area (Å²) in [5, 5.41) is 16.7. The molecule has 4 N–H and O–H groups in total. The van der Waals surface area contributed by atoms with Crippen LogP contribution in [0.25, 0.3) is 16.7 Å². The maximum Gasteiger partial charge on any atom is 0.320 e. The van der Waals surface area contributed by atoms with Crippen molar-refractivity contribution in [3.63, 3.8) is 0 Å². The molecular weight excluding hydrogens is 468 g/mol. The molecule has 10 nitrogen and oxygen atoms in total. The molecule has 194 valence electrons. The number of hydrogen-bond acceptors (Lipinski definition) is 8. The Kier molecular flexibility index (Phi) is 9.91. The van der Waals surface area contributed by atoms with Crippen molar-refractivity contribution in [2.24, 2.45) is 0 Å². The van der Waals surface area contributed by atoms with Crippen LogP contribution in [-0.2, 0) is 11.2 Å². The second-order valence-electron chi connectivity index (χ2n) is 8.77. The summed E-state index contributed by atoms with van der Waals surface area (Å²) >= 11 is 0. The van der Waals surface area contributed by atoms with Crippen LogP contribution in [0.5, 0.6) is 0 Å². The molecule has 1 fully saturated rings. The average Bonchev–Trinajstić information content (AvgIpc) is 2.94. The number of aromatic nitrogens is 3. The Morgan fingerprint density at radius 1 is 1.05 bits per heavy atom. The van der Waals surface area contributed by atoms with Crippen LogP contribution < -0.4 is 16.0 Å². The van der Waals surface area contributed by atoms with E-state index >= 15 is 0 Å². The zero-order valence-corrected chi connectivity index (χ0v) is 20.9. The number of rotatable bonds is 12. The van der Waals surface area contributed by atoms with Gasteiger partial charge in [-0.05, 0) is 37.0 Å². The summed E-state index contributed by atoms with van der Waals surface area (Å²) in [6.07, 6.45) is 7.53. The first-order valence-electron chi connectivity index (χ1n) is 12.7. The topological polar surface area (TPSA) is 128 Å². The summed E-state index contributed by atoms with van der Waals surface area (Å²) in [5.41, 5.74) is 3.45. The summed E-state index contributed by atoms with van der Waals surface area (Å²) in [6, 6.07) is 13.5. The van der Waals surface area contributed by atoms with Gasteiger partial charge in [0.25, 0.3) is 0 Å². The average molecular weight is 503 g/mol. The van der Waals surface area contributed by atoms with E-state index in [9.17, 15) is 4.79 Å². The minimum Gasteiger partial charge on any atom is -0.389 e. The molecule has 3 heterocycles. The Labute approximate surface area is 217 Å². The third-order valence-corrected chi connectivity index (χ3v) is 6.05. The van der Waals surface area contributed by atoms with Gasteiger partial charge in [0.2, 0.25) is 0 Å². The van der Waals surface area contributed by atoms with Gasteiger partial charge >= 0.3 is 6.03 Å². The molecule has 1 saturated heterocycles. The van der Waals surface area contributed by atoms with Crippen molar-refractivity contribution in [2.45, 2.75) is 19.3 Å². The first kappa shape index (κ1) is 26.2. The lowest BCUT2D eigenvalue weighted by molar-refractivity contribution is 0.0388. The molecule has 2 aromatic heterocycles. The van der Waals surface area contributed by atoms with Crippen LogP contribution in [0.2, 0.25) is 0 Å². The highest BCUT2D eigenvalue weighted by atomic mass is 16.5. The van der Waals surface area contributed by atoms with Gasteiger partial charge in [-0.2, -0.15) is 0 Å². The van der Waals surface area contributed by atoms with Gasteiger partial charge in [-0.3, -0.25) is 15.2 Å². The van der Waals surface area contributed by atoms with Gasteiger partial charge in [-0.15, -0.1) is 0 Å². The zero-order chi connectivity index (χ0) is 25.7. The molecule has 4 rings (SSSR count). The van der Waals surface area contributed by atoms with Crippen LogP contribution in [0.15, 0.2) is 54.9 Å². The summed E-state index contributed by atoms with van der Waals surface area (Å²) in [5.74, 6) is 0.393. The number of allylic oxidation sites excluding steroid dienone is 1. The molecule has 3 aromatic rings. The van der Waals surface area contributed by atoms with Gasteiger partial charge in [0.15, 0.2) is 5.65 Å². The number of hydrogen-bond donors (Lipinski definition) is 4. The zero-order valence-electron chi connectivity index (χ0n) is 20.9. The minimum absolute atomic E-state index is 0.305. The standard InChI is InChI=1S/C27H34N8O2/c28-18-22(19-29-12-13-35-14-16-37-17-15-35)24-20-31-23-9-10-25(33-26(23)32-24)34-27(36)30-11-5-4-8-21-6-2-1-3-7-21/h1-3,6-7,9-10,18-20,28-29H,4-5,8,11-17H2,(H2,30,32,33,34,36)/b22-19+,28-18?. The normalized spacial score (nSPS) is 14.3. The van der Waals surface area contributed by atoms with E-state index in [-0.39, 0.29) is 6.03 Å². The van der Waals surface area contributed by atoms with Crippen molar-refractivity contribution in [3.8, 4) is 0 Å². The molecule has 1 aromatic carbocycles. The Hall–Kier alpha value is -3.89. The Bertz CT molecular complexity index is 1200. The van der Waals surface area contributed by atoms with E-state index in [2.05, 4.69) is 47.9 Å². The van der Waals surface area contributed by atoms with Crippen LogP contribution in [-0.4, -0.2) is 78.0 Å². The number of anilines is 1. The number of ether oxygens (including phenoxy) is 1. The van der Waals surface area contributed by atoms with E-state index in [1.165, 1.54) is 11.8 Å². The van der Waals surface area contributed by atoms with Crippen molar-refractivity contribution in [3.05, 3.63) is 66.1 Å². The highest BCUT2D eigenvalue weighted by Gasteiger charge is 2.10. The number of nitrogens with zero attached hydrogens (tertiary/aromatic N) is 4. The van der Waals surface area contributed by atoms with E-state index in [0.29, 0.717) is 34.8 Å². The second-order valence-corrected chi connectivity index (χ2v) is 8.77. The fourth-order valence-electron chi connectivity index (χ4n) is 3.99. The van der Waals surface area contributed by atoms with Gasteiger partial charge in [-0.1, -0.05) is 30.3 Å². The summed E-state index contributed by atoms with van der Waals surface area (Å²) in [4.78, 5) is 28.1. The molecule has 0 spiro atoms. The molecule has 0 atom stereocenters. The molecule has 0 unspecified atom stereocenters. The lowest BCUT2D eigenvalue weighted by atomic mass is 10.1. The maximum atomic E-state index is 12.3. The second kappa shape index (κ2) is 14.0. The van der Waals surface area contributed by atoms with E-state index in [1.807, 2.05) is 18.2 Å². The fraction of sp³-hybridized carbons (Fsp3) is 0.370. The first-order chi connectivity index (χ1) is 18.2. The van der Waals surface area contributed by atoms with Crippen molar-refractivity contribution in [1.82, 2.24) is 30.5 Å². The Morgan fingerprint density at radius 2 is 1.89 bits per heavy atom. The van der Waals surface area contributed by atoms with Crippen LogP contribution in [0.1, 0.15) is 24.1 Å². The van der Waals surface area contributed by atoms with E-state index in [1.54, 1.807) is 24.5 Å². The number of carbonyl (C=O) groups is 1. The molecule has 0 aliphatic carbocycles. The number of fused-ring (bicyclic) bond motifs is 1. The molecule has 1 aliphatic rings. The number of urea groups is 1. The molecule has 37 heavy (non-hydrogen) atoms. The summed E-state index contributed by atoms with van der Waals surface area (Å²) < 4.78 is 5.37. The fourth-order valence-corrected chi connectivity index (χ4v) is 3.99. The van der Waals surface area contributed by atoms with Gasteiger partial charge in [0.05, 0.1) is 25.1 Å². The molecular formula is C27H34N8O2. The molecule has 2 amide bonds. The van der Waals surface area contributed by atoms with Crippen molar-refractivity contribution >= 4 is 34.8 Å². The summed E-state index contributed by atoms with van der Waals surface area (Å²) in [6.45, 7) is 5.66. The number of amides is 2. The van der Waals surface area contributed by atoms with Crippen molar-refractivity contribution in [1.29, 1.82) is 5.41 Å². The Balaban J connectivity index is 1.27. The monoisotopic (exact) mass is 502 g/mol. The number of benzene rings is 1. The maximum absolute atomic E-state index is 12.3. The lowest BCUT2D eigenvalue weighted by Gasteiger charge is -2.26. The smallest absolute Gasteiger partial charge is 0.320 e. The van der Waals surface area contributed by atoms with Crippen LogP contribution in [0, 0.1) is 5.41 Å². The van der Waals surface area contributed by atoms with Gasteiger partial charge in [0.1, 0.15) is 11.3 Å². The van der Waals surface area contributed by atoms with E-state index in [4.69, 9.17) is 10.1 Å². The highest BCUT2D eigenvalue weighted by molar-refractivity contribution is 6.07. The molecule has 0 bridgehead atoms. The third kappa shape index (κ3) is 8.33. The van der Waals surface area contributed by atoms with E-state index < -0.39 is 0 Å². The van der Waals surface area contributed by atoms with Crippen LogP contribution in [0.4, 0.5) is 10.6 Å². The quantitative estimate of drug-likeness (QED) is 0.221. The lowest BCUT2D eigenvalue weighted by Crippen LogP contribution is -2.39. The van der Waals surface area contributed by atoms with Crippen LogP contribution >= 0.6 is 0 Å². The largest absolute Gasteiger partial charge is 0.389 e. The van der Waals surface area contributed by atoms with Crippen molar-refractivity contribution < 1.29 is 9.53 Å². The number of unbranched alkanes of at least 4 members (excludes halogenated alkanes) is 1. The van der Waals surface area contributed by atoms with E-state index in [0.717, 1.165) is 58.7 Å². The number of carbonyl (C=O) groups excluding carboxylic acids is 1. The minimum atomic E-state index is -0.305. The third-order valence-electron chi connectivity index (χ3n) is 6.05. The number of pyridine rings is 1. The predicted octanol–water partition coefficient (Wildman–Crippen LogP) is 3.08. The summed E-state index contributed by atoms with van der Waals surface area (Å²) in [7, 11) is 0. The molecule has 1 aliphatic heterocycles.